The molecule has 0 saturated heterocycles. The van der Waals surface area contributed by atoms with E-state index in [1.165, 1.54) is 4.31 Å². The number of carbonyl (C=O) groups excluding carboxylic acids is 1. The molecule has 0 radical (unpaired) electrons. The molecule has 146 valence electrons. The first-order valence-corrected chi connectivity index (χ1v) is 10.3. The Hall–Kier alpha value is -2.48. The average Bonchev–Trinajstić information content (AvgIpc) is 2.56. The Morgan fingerprint density at radius 1 is 1.15 bits per heavy atom. The van der Waals surface area contributed by atoms with Crippen molar-refractivity contribution in [2.75, 3.05) is 22.4 Å². The number of nitrogens with zero attached hydrogens (tertiary/aromatic N) is 1. The van der Waals surface area contributed by atoms with Crippen LogP contribution in [-0.2, 0) is 14.8 Å². The lowest BCUT2D eigenvalue weighted by molar-refractivity contribution is -0.116. The van der Waals surface area contributed by atoms with E-state index < -0.39 is 27.6 Å². The van der Waals surface area contributed by atoms with E-state index in [9.17, 15) is 22.0 Å². The van der Waals surface area contributed by atoms with Crippen LogP contribution in [-0.4, -0.2) is 27.1 Å². The van der Waals surface area contributed by atoms with Crippen molar-refractivity contribution in [3.8, 4) is 0 Å². The summed E-state index contributed by atoms with van der Waals surface area (Å²) in [5.41, 5.74) is 1.19. The molecule has 0 aliphatic rings. The zero-order chi connectivity index (χ0) is 20.2. The maximum atomic E-state index is 13.6. The van der Waals surface area contributed by atoms with Gasteiger partial charge in [0.15, 0.2) is 0 Å². The van der Waals surface area contributed by atoms with Crippen molar-refractivity contribution < 1.29 is 22.0 Å². The number of hydrogen-bond donors (Lipinski definition) is 1. The highest BCUT2D eigenvalue weighted by molar-refractivity contribution is 7.92. The second-order valence-corrected chi connectivity index (χ2v) is 8.38. The van der Waals surface area contributed by atoms with Gasteiger partial charge < -0.3 is 5.32 Å². The van der Waals surface area contributed by atoms with Gasteiger partial charge in [0.25, 0.3) is 0 Å². The minimum atomic E-state index is -3.63. The molecule has 0 spiro atoms. The molecule has 27 heavy (non-hydrogen) atoms. The summed E-state index contributed by atoms with van der Waals surface area (Å²) in [6, 6.07) is 9.89. The van der Waals surface area contributed by atoms with E-state index in [0.29, 0.717) is 11.8 Å². The van der Waals surface area contributed by atoms with Crippen molar-refractivity contribution in [1.82, 2.24) is 0 Å². The number of hydrogen-bond acceptors (Lipinski definition) is 3. The molecular weight excluding hydrogens is 374 g/mol. The summed E-state index contributed by atoms with van der Waals surface area (Å²) in [5, 5.41) is 2.33. The summed E-state index contributed by atoms with van der Waals surface area (Å²) in [7, 11) is -3.63. The number of sulfonamides is 1. The van der Waals surface area contributed by atoms with Gasteiger partial charge in [-0.1, -0.05) is 32.0 Å². The van der Waals surface area contributed by atoms with Crippen molar-refractivity contribution >= 4 is 27.3 Å². The van der Waals surface area contributed by atoms with E-state index in [1.54, 1.807) is 12.1 Å². The van der Waals surface area contributed by atoms with Crippen molar-refractivity contribution in [2.45, 2.75) is 26.2 Å². The van der Waals surface area contributed by atoms with Crippen molar-refractivity contribution in [3.05, 3.63) is 59.7 Å². The molecule has 0 aliphatic heterocycles. The Labute approximate surface area is 158 Å². The van der Waals surface area contributed by atoms with Crippen LogP contribution in [0.2, 0.25) is 0 Å². The van der Waals surface area contributed by atoms with Crippen LogP contribution in [0.3, 0.4) is 0 Å². The van der Waals surface area contributed by atoms with Gasteiger partial charge >= 0.3 is 0 Å². The molecule has 0 fully saturated rings. The van der Waals surface area contributed by atoms with Gasteiger partial charge in [0, 0.05) is 19.0 Å². The van der Waals surface area contributed by atoms with E-state index >= 15 is 0 Å². The molecule has 2 aromatic rings. The monoisotopic (exact) mass is 396 g/mol. The fourth-order valence-electron chi connectivity index (χ4n) is 2.67. The topological polar surface area (TPSA) is 66.5 Å². The molecule has 0 unspecified atom stereocenters. The number of anilines is 2. The van der Waals surface area contributed by atoms with Crippen molar-refractivity contribution in [1.29, 1.82) is 0 Å². The predicted octanol–water partition coefficient (Wildman–Crippen LogP) is 3.88. The summed E-state index contributed by atoms with van der Waals surface area (Å²) < 4.78 is 52.3. The number of nitrogens with one attached hydrogen (secondary N) is 1. The SMILES string of the molecule is CC(C)c1ccccc1N(CCC(=O)Nc1ccc(F)cc1F)S(C)(=O)=O. The molecular formula is C19H22F2N2O3S. The Balaban J connectivity index is 2.17. The molecule has 0 aliphatic carbocycles. The number of para-hydroxylation sites is 1. The number of benzene rings is 2. The highest BCUT2D eigenvalue weighted by Crippen LogP contribution is 2.29. The van der Waals surface area contributed by atoms with Gasteiger partial charge in [-0.3, -0.25) is 9.10 Å². The summed E-state index contributed by atoms with van der Waals surface area (Å²) in [6.45, 7) is 3.80. The van der Waals surface area contributed by atoms with Gasteiger partial charge in [0.05, 0.1) is 17.6 Å². The minimum absolute atomic E-state index is 0.0904. The Kier molecular flexibility index (Phi) is 6.54. The van der Waals surface area contributed by atoms with Gasteiger partial charge in [-0.25, -0.2) is 17.2 Å². The van der Waals surface area contributed by atoms with E-state index in [4.69, 9.17) is 0 Å². The van der Waals surface area contributed by atoms with Gasteiger partial charge in [-0.15, -0.1) is 0 Å². The van der Waals surface area contributed by atoms with Gasteiger partial charge in [-0.05, 0) is 29.7 Å². The lowest BCUT2D eigenvalue weighted by Gasteiger charge is -2.26. The fourth-order valence-corrected chi connectivity index (χ4v) is 3.62. The maximum Gasteiger partial charge on any atom is 0.232 e. The van der Waals surface area contributed by atoms with Gasteiger partial charge in [0.2, 0.25) is 15.9 Å². The van der Waals surface area contributed by atoms with Crippen molar-refractivity contribution in [3.63, 3.8) is 0 Å². The summed E-state index contributed by atoms with van der Waals surface area (Å²) in [4.78, 5) is 12.1. The maximum absolute atomic E-state index is 13.6. The highest BCUT2D eigenvalue weighted by atomic mass is 32.2. The van der Waals surface area contributed by atoms with E-state index in [1.807, 2.05) is 26.0 Å². The third kappa shape index (κ3) is 5.50. The van der Waals surface area contributed by atoms with Crippen LogP contribution in [0.5, 0.6) is 0 Å². The van der Waals surface area contributed by atoms with Crippen LogP contribution in [0.25, 0.3) is 0 Å². The molecule has 1 N–H and O–H groups in total. The second kappa shape index (κ2) is 8.47. The van der Waals surface area contributed by atoms with Crippen molar-refractivity contribution in [2.24, 2.45) is 0 Å². The van der Waals surface area contributed by atoms with Crippen LogP contribution >= 0.6 is 0 Å². The largest absolute Gasteiger partial charge is 0.324 e. The Morgan fingerprint density at radius 2 is 1.81 bits per heavy atom. The molecule has 2 aromatic carbocycles. The molecule has 0 aromatic heterocycles. The lowest BCUT2D eigenvalue weighted by atomic mass is 10.0. The average molecular weight is 396 g/mol. The molecule has 2 rings (SSSR count). The molecule has 1 amide bonds. The third-order valence-corrected chi connectivity index (χ3v) is 5.15. The first-order chi connectivity index (χ1) is 12.6. The first-order valence-electron chi connectivity index (χ1n) is 8.41. The zero-order valence-electron chi connectivity index (χ0n) is 15.4. The minimum Gasteiger partial charge on any atom is -0.324 e. The molecule has 8 heteroatoms. The van der Waals surface area contributed by atoms with Crippen LogP contribution in [0.1, 0.15) is 31.7 Å². The van der Waals surface area contributed by atoms with Gasteiger partial charge in [0.1, 0.15) is 11.6 Å². The summed E-state index contributed by atoms with van der Waals surface area (Å²) in [5.74, 6) is -2.13. The normalized spacial score (nSPS) is 11.5. The standard InChI is InChI=1S/C19H22F2N2O3S/c1-13(2)15-6-4-5-7-18(15)23(27(3,25)26)11-10-19(24)22-17-9-8-14(20)12-16(17)21/h4-9,12-13H,10-11H2,1-3H3,(H,22,24). The summed E-state index contributed by atoms with van der Waals surface area (Å²) >= 11 is 0. The Bertz CT molecular complexity index is 930. The van der Waals surface area contributed by atoms with E-state index in [0.717, 1.165) is 24.0 Å². The van der Waals surface area contributed by atoms with Crippen LogP contribution < -0.4 is 9.62 Å². The number of amides is 1. The quantitative estimate of drug-likeness (QED) is 0.772. The smallest absolute Gasteiger partial charge is 0.232 e. The van der Waals surface area contributed by atoms with Gasteiger partial charge in [-0.2, -0.15) is 0 Å². The molecule has 0 atom stereocenters. The first kappa shape index (κ1) is 20.8. The molecule has 0 heterocycles. The third-order valence-electron chi connectivity index (χ3n) is 3.97. The second-order valence-electron chi connectivity index (χ2n) is 6.47. The van der Waals surface area contributed by atoms with Crippen LogP contribution in [0.4, 0.5) is 20.2 Å². The van der Waals surface area contributed by atoms with Crippen LogP contribution in [0, 0.1) is 11.6 Å². The molecule has 0 saturated carbocycles. The number of halogens is 2. The number of carbonyl (C=O) groups is 1. The fraction of sp³-hybridized carbons (Fsp3) is 0.316. The Morgan fingerprint density at radius 3 is 2.41 bits per heavy atom. The molecule has 0 bridgehead atoms. The van der Waals surface area contributed by atoms with E-state index in [-0.39, 0.29) is 24.6 Å². The lowest BCUT2D eigenvalue weighted by Crippen LogP contribution is -2.34. The molecule has 5 nitrogen and oxygen atoms in total. The summed E-state index contributed by atoms with van der Waals surface area (Å²) in [6.07, 6.45) is 0.887. The number of rotatable bonds is 7. The van der Waals surface area contributed by atoms with E-state index in [2.05, 4.69) is 5.32 Å². The zero-order valence-corrected chi connectivity index (χ0v) is 16.2. The highest BCUT2D eigenvalue weighted by Gasteiger charge is 2.22. The predicted molar refractivity (Wildman–Crippen MR) is 102 cm³/mol. The van der Waals surface area contributed by atoms with Crippen LogP contribution in [0.15, 0.2) is 42.5 Å².